The maximum atomic E-state index is 10.4. The van der Waals surface area contributed by atoms with E-state index in [1.807, 2.05) is 0 Å². The van der Waals surface area contributed by atoms with E-state index in [4.69, 9.17) is 0 Å². The largest absolute Gasteiger partial charge is 0.297 e. The van der Waals surface area contributed by atoms with E-state index in [1.165, 1.54) is 7.11 Å². The van der Waals surface area contributed by atoms with E-state index in [-0.39, 0.29) is 12.4 Å². The summed E-state index contributed by atoms with van der Waals surface area (Å²) in [4.78, 5) is 18.9. The molecule has 0 aliphatic heterocycles. The van der Waals surface area contributed by atoms with E-state index in [0.717, 1.165) is 0 Å². The summed E-state index contributed by atoms with van der Waals surface area (Å²) in [6.45, 7) is 1.84. The Morgan fingerprint density at radius 3 is 2.62 bits per heavy atom. The van der Waals surface area contributed by atoms with Crippen LogP contribution < -0.4 is 0 Å². The van der Waals surface area contributed by atoms with Gasteiger partial charge in [-0.3, -0.25) is 4.79 Å². The van der Waals surface area contributed by atoms with Gasteiger partial charge in [0.15, 0.2) is 5.78 Å². The fraction of sp³-hybridized carbons (Fsp3) is 0.800. The van der Waals surface area contributed by atoms with Crippen LogP contribution in [0.5, 0.6) is 0 Å². The molecule has 0 aliphatic carbocycles. The molecule has 0 spiro atoms. The molecule has 3 heteroatoms. The molecule has 0 fully saturated rings. The summed E-state index contributed by atoms with van der Waals surface area (Å²) in [5, 5.41) is 0. The lowest BCUT2D eigenvalue weighted by Crippen LogP contribution is -2.05. The lowest BCUT2D eigenvalue weighted by molar-refractivity contribution is -0.266. The molecular weight excluding hydrogens is 108 g/mol. The lowest BCUT2D eigenvalue weighted by Gasteiger charge is -1.93. The van der Waals surface area contributed by atoms with Crippen molar-refractivity contribution in [1.82, 2.24) is 0 Å². The molecule has 0 radical (unpaired) electrons. The Kier molecular flexibility index (Phi) is 4.50. The Morgan fingerprint density at radius 2 is 2.25 bits per heavy atom. The minimum atomic E-state index is 0.0480. The van der Waals surface area contributed by atoms with Crippen LogP contribution in [0.25, 0.3) is 0 Å². The van der Waals surface area contributed by atoms with Crippen LogP contribution in [0.2, 0.25) is 0 Å². The van der Waals surface area contributed by atoms with Crippen molar-refractivity contribution in [2.75, 3.05) is 13.7 Å². The second-order valence-corrected chi connectivity index (χ2v) is 1.32. The van der Waals surface area contributed by atoms with Crippen molar-refractivity contribution >= 4 is 5.78 Å². The van der Waals surface area contributed by atoms with E-state index in [0.29, 0.717) is 6.42 Å². The van der Waals surface area contributed by atoms with Crippen molar-refractivity contribution in [3.8, 4) is 0 Å². The molecule has 0 N–H and O–H groups in total. The van der Waals surface area contributed by atoms with Crippen LogP contribution in [0.15, 0.2) is 0 Å². The minimum Gasteiger partial charge on any atom is -0.297 e. The monoisotopic (exact) mass is 118 g/mol. The van der Waals surface area contributed by atoms with Gasteiger partial charge >= 0.3 is 0 Å². The van der Waals surface area contributed by atoms with Crippen LogP contribution in [0, 0.1) is 0 Å². The van der Waals surface area contributed by atoms with Crippen molar-refractivity contribution in [2.45, 2.75) is 13.3 Å². The second kappa shape index (κ2) is 4.74. The van der Waals surface area contributed by atoms with Gasteiger partial charge in [-0.05, 0) is 0 Å². The Hall–Kier alpha value is -0.410. The summed E-state index contributed by atoms with van der Waals surface area (Å²) in [5.74, 6) is 0.0480. The van der Waals surface area contributed by atoms with Gasteiger partial charge in [0.25, 0.3) is 0 Å². The Balaban J connectivity index is 2.99. The molecule has 0 atom stereocenters. The zero-order valence-electron chi connectivity index (χ0n) is 5.14. The van der Waals surface area contributed by atoms with Gasteiger partial charge in [0.05, 0.1) is 7.11 Å². The maximum absolute atomic E-state index is 10.4. The molecule has 0 unspecified atom stereocenters. The molecule has 8 heavy (non-hydrogen) atoms. The first-order valence-electron chi connectivity index (χ1n) is 2.48. The summed E-state index contributed by atoms with van der Waals surface area (Å²) in [6, 6.07) is 0. The molecule has 0 aromatic heterocycles. The summed E-state index contributed by atoms with van der Waals surface area (Å²) in [6.07, 6.45) is 0.503. The first-order valence-corrected chi connectivity index (χ1v) is 2.48. The molecular formula is C5H10O3. The van der Waals surface area contributed by atoms with Crippen LogP contribution in [-0.2, 0) is 14.6 Å². The van der Waals surface area contributed by atoms with Crippen LogP contribution >= 0.6 is 0 Å². The van der Waals surface area contributed by atoms with E-state index < -0.39 is 0 Å². The number of carbonyl (C=O) groups excluding carboxylic acids is 1. The number of hydrogen-bond donors (Lipinski definition) is 0. The average molecular weight is 118 g/mol. The van der Waals surface area contributed by atoms with Gasteiger partial charge in [0.2, 0.25) is 0 Å². The maximum Gasteiger partial charge on any atom is 0.161 e. The second-order valence-electron chi connectivity index (χ2n) is 1.32. The van der Waals surface area contributed by atoms with Crippen LogP contribution in [0.1, 0.15) is 13.3 Å². The third-order valence-electron chi connectivity index (χ3n) is 0.732. The van der Waals surface area contributed by atoms with Crippen LogP contribution in [-0.4, -0.2) is 19.5 Å². The number of ketones is 1. The molecule has 48 valence electrons. The predicted octanol–water partition coefficient (Wildman–Crippen LogP) is 0.543. The molecule has 0 heterocycles. The van der Waals surface area contributed by atoms with Crippen LogP contribution in [0.3, 0.4) is 0 Å². The van der Waals surface area contributed by atoms with Crippen molar-refractivity contribution in [2.24, 2.45) is 0 Å². The lowest BCUT2D eigenvalue weighted by atomic mass is 10.3. The summed E-state index contributed by atoms with van der Waals surface area (Å²) >= 11 is 0. The molecule has 0 aromatic rings. The smallest absolute Gasteiger partial charge is 0.161 e. The highest BCUT2D eigenvalue weighted by Crippen LogP contribution is 1.81. The van der Waals surface area contributed by atoms with Crippen molar-refractivity contribution in [3.05, 3.63) is 0 Å². The summed E-state index contributed by atoms with van der Waals surface area (Å²) in [5.41, 5.74) is 0. The quantitative estimate of drug-likeness (QED) is 0.399. The third kappa shape index (κ3) is 3.77. The molecule has 0 bridgehead atoms. The molecule has 0 aromatic carbocycles. The van der Waals surface area contributed by atoms with Gasteiger partial charge in [0, 0.05) is 6.42 Å². The molecule has 0 saturated carbocycles. The Labute approximate surface area is 48.5 Å². The molecule has 0 aliphatic rings. The van der Waals surface area contributed by atoms with Gasteiger partial charge in [-0.1, -0.05) is 6.92 Å². The van der Waals surface area contributed by atoms with Gasteiger partial charge < -0.3 is 0 Å². The number of rotatable bonds is 4. The number of hydrogen-bond acceptors (Lipinski definition) is 3. The van der Waals surface area contributed by atoms with E-state index in [9.17, 15) is 4.79 Å². The Bertz CT molecular complexity index is 70.1. The first-order chi connectivity index (χ1) is 3.81. The number of Topliss-reactive ketones (excluding diaryl/α,β-unsaturated/α-hetero) is 1. The molecule has 0 rings (SSSR count). The van der Waals surface area contributed by atoms with E-state index in [1.54, 1.807) is 6.92 Å². The molecule has 3 nitrogen and oxygen atoms in total. The van der Waals surface area contributed by atoms with E-state index >= 15 is 0 Å². The van der Waals surface area contributed by atoms with Gasteiger partial charge in [-0.15, -0.1) is 0 Å². The average Bonchev–Trinajstić information content (AvgIpc) is 1.83. The van der Waals surface area contributed by atoms with E-state index in [2.05, 4.69) is 9.78 Å². The highest BCUT2D eigenvalue weighted by molar-refractivity contribution is 5.79. The molecule has 0 saturated heterocycles. The summed E-state index contributed by atoms with van der Waals surface area (Å²) < 4.78 is 0. The summed E-state index contributed by atoms with van der Waals surface area (Å²) in [7, 11) is 1.38. The third-order valence-corrected chi connectivity index (χ3v) is 0.732. The molecule has 0 amide bonds. The van der Waals surface area contributed by atoms with Crippen molar-refractivity contribution < 1.29 is 14.6 Å². The standard InChI is InChI=1S/C5H10O3/c1-3-5(6)4-8-7-2/h3-4H2,1-2H3. The van der Waals surface area contributed by atoms with Gasteiger partial charge in [0.1, 0.15) is 6.61 Å². The minimum absolute atomic E-state index is 0.0480. The topological polar surface area (TPSA) is 35.5 Å². The highest BCUT2D eigenvalue weighted by Gasteiger charge is 1.95. The number of carbonyl (C=O) groups is 1. The normalized spacial score (nSPS) is 9.25. The van der Waals surface area contributed by atoms with Crippen molar-refractivity contribution in [1.29, 1.82) is 0 Å². The fourth-order valence-corrected chi connectivity index (χ4v) is 0.227. The fourth-order valence-electron chi connectivity index (χ4n) is 0.227. The SMILES string of the molecule is CCC(=O)COOC. The van der Waals surface area contributed by atoms with Gasteiger partial charge in [-0.25, -0.2) is 9.78 Å². The first kappa shape index (κ1) is 7.59. The van der Waals surface area contributed by atoms with Crippen LogP contribution in [0.4, 0.5) is 0 Å². The zero-order chi connectivity index (χ0) is 6.41. The van der Waals surface area contributed by atoms with Crippen molar-refractivity contribution in [3.63, 3.8) is 0 Å². The predicted molar refractivity (Wildman–Crippen MR) is 28.3 cm³/mol. The highest BCUT2D eigenvalue weighted by atomic mass is 17.2. The Morgan fingerprint density at radius 1 is 1.62 bits per heavy atom. The van der Waals surface area contributed by atoms with Gasteiger partial charge in [-0.2, -0.15) is 0 Å². The zero-order valence-corrected chi connectivity index (χ0v) is 5.14.